The fraction of sp³-hybridized carbons (Fsp3) is 0.333. The lowest BCUT2D eigenvalue weighted by atomic mass is 9.99. The molecular formula is C12H12Cl2O4. The minimum absolute atomic E-state index is 0.0481. The van der Waals surface area contributed by atoms with E-state index in [1.165, 1.54) is 0 Å². The molecule has 1 unspecified atom stereocenters. The number of carboxylic acids is 1. The van der Waals surface area contributed by atoms with Crippen LogP contribution in [0.5, 0.6) is 0 Å². The summed E-state index contributed by atoms with van der Waals surface area (Å²) < 4.78 is 4.71. The summed E-state index contributed by atoms with van der Waals surface area (Å²) in [6.07, 6.45) is -0.0481. The van der Waals surface area contributed by atoms with Crippen LogP contribution in [0, 0.1) is 5.92 Å². The average Bonchev–Trinajstić information content (AvgIpc) is 2.30. The maximum absolute atomic E-state index is 11.5. The number of hydrogen-bond acceptors (Lipinski definition) is 3. The summed E-state index contributed by atoms with van der Waals surface area (Å²) in [5, 5.41) is 9.60. The predicted octanol–water partition coefficient (Wildman–Crippen LogP) is 2.80. The van der Waals surface area contributed by atoms with Gasteiger partial charge in [0.1, 0.15) is 0 Å². The Labute approximate surface area is 114 Å². The Morgan fingerprint density at radius 2 is 2.06 bits per heavy atom. The lowest BCUT2D eigenvalue weighted by Gasteiger charge is -2.12. The van der Waals surface area contributed by atoms with E-state index in [1.807, 2.05) is 0 Å². The zero-order chi connectivity index (χ0) is 13.7. The molecule has 0 radical (unpaired) electrons. The topological polar surface area (TPSA) is 63.6 Å². The maximum atomic E-state index is 11.5. The van der Waals surface area contributed by atoms with Crippen LogP contribution in [0.3, 0.4) is 0 Å². The molecule has 1 rings (SSSR count). The summed E-state index contributed by atoms with van der Waals surface area (Å²) in [7, 11) is 0. The van der Waals surface area contributed by atoms with Gasteiger partial charge in [0.05, 0.1) is 16.7 Å². The second-order valence-electron chi connectivity index (χ2n) is 3.56. The molecule has 0 heterocycles. The van der Waals surface area contributed by atoms with Crippen molar-refractivity contribution in [1.29, 1.82) is 0 Å². The van der Waals surface area contributed by atoms with Crippen LogP contribution >= 0.6 is 23.2 Å². The van der Waals surface area contributed by atoms with Crippen LogP contribution in [-0.4, -0.2) is 23.7 Å². The largest absolute Gasteiger partial charge is 0.481 e. The van der Waals surface area contributed by atoms with Crippen LogP contribution in [0.4, 0.5) is 0 Å². The van der Waals surface area contributed by atoms with Gasteiger partial charge in [0, 0.05) is 0 Å². The lowest BCUT2D eigenvalue weighted by molar-refractivity contribution is -0.158. The van der Waals surface area contributed by atoms with Gasteiger partial charge in [-0.05, 0) is 25.0 Å². The minimum atomic E-state index is -1.28. The second kappa shape index (κ2) is 6.61. The van der Waals surface area contributed by atoms with E-state index in [0.29, 0.717) is 10.6 Å². The third kappa shape index (κ3) is 3.62. The molecule has 0 aromatic heterocycles. The SMILES string of the molecule is CCOC(=O)C(Cc1cccc(Cl)c1Cl)C(=O)O. The van der Waals surface area contributed by atoms with Crippen LogP contribution in [-0.2, 0) is 20.7 Å². The highest BCUT2D eigenvalue weighted by Crippen LogP contribution is 2.27. The molecule has 1 atom stereocenters. The Morgan fingerprint density at radius 1 is 1.39 bits per heavy atom. The summed E-state index contributed by atoms with van der Waals surface area (Å²) in [5.74, 6) is -3.30. The monoisotopic (exact) mass is 290 g/mol. The van der Waals surface area contributed by atoms with E-state index in [9.17, 15) is 9.59 Å². The molecule has 0 fully saturated rings. The summed E-state index contributed by atoms with van der Waals surface area (Å²) in [4.78, 5) is 22.5. The van der Waals surface area contributed by atoms with Gasteiger partial charge in [-0.25, -0.2) is 0 Å². The van der Waals surface area contributed by atoms with Crippen molar-refractivity contribution in [3.8, 4) is 0 Å². The van der Waals surface area contributed by atoms with E-state index in [-0.39, 0.29) is 18.1 Å². The van der Waals surface area contributed by atoms with Crippen molar-refractivity contribution in [2.45, 2.75) is 13.3 Å². The molecule has 0 saturated heterocycles. The molecule has 0 aliphatic rings. The van der Waals surface area contributed by atoms with E-state index < -0.39 is 17.9 Å². The highest BCUT2D eigenvalue weighted by molar-refractivity contribution is 6.42. The fourth-order valence-electron chi connectivity index (χ4n) is 1.44. The first kappa shape index (κ1) is 14.8. The lowest BCUT2D eigenvalue weighted by Crippen LogP contribution is -2.28. The number of halogens is 2. The third-order valence-electron chi connectivity index (χ3n) is 2.32. The number of rotatable bonds is 5. The molecule has 0 aliphatic carbocycles. The standard InChI is InChI=1S/C12H12Cl2O4/c1-2-18-12(17)8(11(15)16)6-7-4-3-5-9(13)10(7)14/h3-5,8H,2,6H2,1H3,(H,15,16). The van der Waals surface area contributed by atoms with Gasteiger partial charge in [0.2, 0.25) is 0 Å². The van der Waals surface area contributed by atoms with E-state index in [0.717, 1.165) is 0 Å². The summed E-state index contributed by atoms with van der Waals surface area (Å²) >= 11 is 11.8. The Balaban J connectivity index is 2.94. The number of aliphatic carboxylic acids is 1. The van der Waals surface area contributed by atoms with Gasteiger partial charge in [0.25, 0.3) is 0 Å². The molecule has 0 spiro atoms. The molecule has 1 aromatic carbocycles. The molecule has 0 bridgehead atoms. The number of carbonyl (C=O) groups excluding carboxylic acids is 1. The summed E-state index contributed by atoms with van der Waals surface area (Å²) in [5.41, 5.74) is 0.504. The van der Waals surface area contributed by atoms with Crippen LogP contribution in [0.25, 0.3) is 0 Å². The molecule has 1 N–H and O–H groups in total. The third-order valence-corrected chi connectivity index (χ3v) is 3.18. The highest BCUT2D eigenvalue weighted by Gasteiger charge is 2.28. The first-order chi connectivity index (χ1) is 8.47. The van der Waals surface area contributed by atoms with Crippen LogP contribution in [0.2, 0.25) is 10.0 Å². The Bertz CT molecular complexity index is 459. The zero-order valence-electron chi connectivity index (χ0n) is 9.65. The molecule has 98 valence electrons. The van der Waals surface area contributed by atoms with Gasteiger partial charge >= 0.3 is 11.9 Å². The van der Waals surface area contributed by atoms with E-state index in [2.05, 4.69) is 0 Å². The van der Waals surface area contributed by atoms with E-state index in [4.69, 9.17) is 33.0 Å². The van der Waals surface area contributed by atoms with Gasteiger partial charge in [-0.3, -0.25) is 9.59 Å². The average molecular weight is 291 g/mol. The molecular weight excluding hydrogens is 279 g/mol. The highest BCUT2D eigenvalue weighted by atomic mass is 35.5. The smallest absolute Gasteiger partial charge is 0.320 e. The molecule has 0 saturated carbocycles. The van der Waals surface area contributed by atoms with E-state index >= 15 is 0 Å². The van der Waals surface area contributed by atoms with Crippen molar-refractivity contribution in [2.24, 2.45) is 5.92 Å². The van der Waals surface area contributed by atoms with Crippen LogP contribution in [0.1, 0.15) is 12.5 Å². The second-order valence-corrected chi connectivity index (χ2v) is 4.35. The van der Waals surface area contributed by atoms with E-state index in [1.54, 1.807) is 25.1 Å². The Kier molecular flexibility index (Phi) is 5.44. The van der Waals surface area contributed by atoms with Gasteiger partial charge < -0.3 is 9.84 Å². The number of carbonyl (C=O) groups is 2. The fourth-order valence-corrected chi connectivity index (χ4v) is 1.84. The van der Waals surface area contributed by atoms with Crippen molar-refractivity contribution in [1.82, 2.24) is 0 Å². The minimum Gasteiger partial charge on any atom is -0.481 e. The molecule has 4 nitrogen and oxygen atoms in total. The summed E-state index contributed by atoms with van der Waals surface area (Å²) in [6.45, 7) is 1.75. The van der Waals surface area contributed by atoms with Crippen molar-refractivity contribution >= 4 is 35.1 Å². The molecule has 0 aliphatic heterocycles. The molecule has 0 amide bonds. The molecule has 6 heteroatoms. The molecule has 18 heavy (non-hydrogen) atoms. The van der Waals surface area contributed by atoms with Crippen molar-refractivity contribution in [3.05, 3.63) is 33.8 Å². The Hall–Kier alpha value is -1.26. The molecule has 1 aromatic rings. The number of benzene rings is 1. The predicted molar refractivity (Wildman–Crippen MR) is 67.9 cm³/mol. The first-order valence-electron chi connectivity index (χ1n) is 5.29. The van der Waals surface area contributed by atoms with Gasteiger partial charge in [0.15, 0.2) is 5.92 Å². The number of ether oxygens (including phenoxy) is 1. The van der Waals surface area contributed by atoms with Gasteiger partial charge in [-0.15, -0.1) is 0 Å². The number of carboxylic acid groups (broad SMARTS) is 1. The van der Waals surface area contributed by atoms with Crippen LogP contribution in [0.15, 0.2) is 18.2 Å². The van der Waals surface area contributed by atoms with Gasteiger partial charge in [-0.1, -0.05) is 35.3 Å². The summed E-state index contributed by atoms with van der Waals surface area (Å²) in [6, 6.07) is 4.87. The maximum Gasteiger partial charge on any atom is 0.320 e. The van der Waals surface area contributed by atoms with Crippen molar-refractivity contribution in [2.75, 3.05) is 6.61 Å². The van der Waals surface area contributed by atoms with Crippen molar-refractivity contribution < 1.29 is 19.4 Å². The van der Waals surface area contributed by atoms with Crippen LogP contribution < -0.4 is 0 Å². The normalized spacial score (nSPS) is 11.9. The Morgan fingerprint density at radius 3 is 2.61 bits per heavy atom. The quantitative estimate of drug-likeness (QED) is 0.669. The van der Waals surface area contributed by atoms with Gasteiger partial charge in [-0.2, -0.15) is 0 Å². The van der Waals surface area contributed by atoms with Crippen molar-refractivity contribution in [3.63, 3.8) is 0 Å². The number of hydrogen-bond donors (Lipinski definition) is 1. The zero-order valence-corrected chi connectivity index (χ0v) is 11.2. The first-order valence-corrected chi connectivity index (χ1v) is 6.05. The number of esters is 1.